The fourth-order valence-corrected chi connectivity index (χ4v) is 5.55. The molecule has 0 N–H and O–H groups in total. The number of hydrogen-bond acceptors (Lipinski definition) is 5. The van der Waals surface area contributed by atoms with E-state index in [1.165, 1.54) is 11.1 Å². The Morgan fingerprint density at radius 3 is 1.29 bits per heavy atom. The molecule has 4 rings (SSSR count). The maximum absolute atomic E-state index is 13.3. The van der Waals surface area contributed by atoms with E-state index in [1.807, 2.05) is 0 Å². The number of halogens is 2. The highest BCUT2D eigenvalue weighted by atomic mass is 79.9. The Kier molecular flexibility index (Phi) is 9.35. The molecule has 2 aromatic rings. The van der Waals surface area contributed by atoms with E-state index in [2.05, 4.69) is 114 Å². The molecule has 5 nitrogen and oxygen atoms in total. The van der Waals surface area contributed by atoms with Crippen LogP contribution in [0.4, 0.5) is 0 Å². The zero-order valence-electron chi connectivity index (χ0n) is 20.3. The normalized spacial score (nSPS) is 20.8. The summed E-state index contributed by atoms with van der Waals surface area (Å²) in [5.41, 5.74) is 2.68. The number of benzene rings is 2. The van der Waals surface area contributed by atoms with Crippen molar-refractivity contribution in [2.45, 2.75) is 39.0 Å². The molecule has 0 spiro atoms. The van der Waals surface area contributed by atoms with Gasteiger partial charge in [-0.1, -0.05) is 56.1 Å². The van der Waals surface area contributed by atoms with E-state index < -0.39 is 0 Å². The zero-order chi connectivity index (χ0) is 24.1. The predicted octanol–water partition coefficient (Wildman–Crippen LogP) is 4.49. The Morgan fingerprint density at radius 1 is 0.647 bits per heavy atom. The van der Waals surface area contributed by atoms with Gasteiger partial charge in [-0.2, -0.15) is 0 Å². The molecule has 0 aromatic heterocycles. The van der Waals surface area contributed by atoms with Crippen molar-refractivity contribution in [3.63, 3.8) is 0 Å². The van der Waals surface area contributed by atoms with Gasteiger partial charge >= 0.3 is 0 Å². The van der Waals surface area contributed by atoms with Crippen molar-refractivity contribution in [1.82, 2.24) is 19.6 Å². The van der Waals surface area contributed by atoms with Gasteiger partial charge in [-0.15, -0.1) is 0 Å². The third-order valence-corrected chi connectivity index (χ3v) is 8.43. The van der Waals surface area contributed by atoms with Gasteiger partial charge in [-0.25, -0.2) is 0 Å². The summed E-state index contributed by atoms with van der Waals surface area (Å²) < 4.78 is 2.24. The maximum atomic E-state index is 13.3. The molecule has 0 aliphatic carbocycles. The molecule has 2 saturated heterocycles. The van der Waals surface area contributed by atoms with Crippen LogP contribution in [0, 0.1) is 0 Å². The highest BCUT2D eigenvalue weighted by Gasteiger charge is 2.32. The van der Waals surface area contributed by atoms with E-state index in [0.29, 0.717) is 5.78 Å². The minimum Gasteiger partial charge on any atom is -0.297 e. The molecule has 0 bridgehead atoms. The second-order valence-corrected chi connectivity index (χ2v) is 11.5. The Balaban J connectivity index is 1.20. The van der Waals surface area contributed by atoms with Crippen molar-refractivity contribution in [3.8, 4) is 0 Å². The van der Waals surface area contributed by atoms with Gasteiger partial charge in [0.1, 0.15) is 0 Å². The number of nitrogens with zero attached hydrogens (tertiary/aromatic N) is 4. The first-order valence-electron chi connectivity index (χ1n) is 12.3. The van der Waals surface area contributed by atoms with E-state index in [-0.39, 0.29) is 12.1 Å². The third kappa shape index (κ3) is 6.99. The Hall–Kier alpha value is -1.09. The Labute approximate surface area is 221 Å². The van der Waals surface area contributed by atoms with Gasteiger partial charge in [0.05, 0.1) is 12.1 Å². The van der Waals surface area contributed by atoms with Crippen LogP contribution in [-0.4, -0.2) is 89.8 Å². The zero-order valence-corrected chi connectivity index (χ0v) is 23.5. The Morgan fingerprint density at radius 2 is 0.971 bits per heavy atom. The predicted molar refractivity (Wildman–Crippen MR) is 146 cm³/mol. The fourth-order valence-electron chi connectivity index (χ4n) is 5.02. The molecule has 34 heavy (non-hydrogen) atoms. The van der Waals surface area contributed by atoms with Crippen LogP contribution in [-0.2, 0) is 17.9 Å². The molecule has 2 aliphatic rings. The lowest BCUT2D eigenvalue weighted by Gasteiger charge is -2.41. The second kappa shape index (κ2) is 12.2. The van der Waals surface area contributed by atoms with Crippen molar-refractivity contribution in [3.05, 3.63) is 68.6 Å². The van der Waals surface area contributed by atoms with Crippen LogP contribution in [0.5, 0.6) is 0 Å². The molecular weight excluding hydrogens is 556 g/mol. The highest BCUT2D eigenvalue weighted by Crippen LogP contribution is 2.18. The molecule has 2 aromatic carbocycles. The molecular formula is C27H36Br2N4O. The number of rotatable bonds is 8. The Bertz CT molecular complexity index is 845. The maximum Gasteiger partial charge on any atom is 0.166 e. The van der Waals surface area contributed by atoms with Gasteiger partial charge in [0.2, 0.25) is 0 Å². The van der Waals surface area contributed by atoms with Crippen molar-refractivity contribution < 1.29 is 4.79 Å². The summed E-state index contributed by atoms with van der Waals surface area (Å²) in [6, 6.07) is 17.1. The first kappa shape index (κ1) is 26.0. The number of carbonyl (C=O) groups is 1. The summed E-state index contributed by atoms with van der Waals surface area (Å²) in [6.07, 6.45) is 0. The molecule has 184 valence electrons. The van der Waals surface area contributed by atoms with Crippen molar-refractivity contribution in [1.29, 1.82) is 0 Å². The lowest BCUT2D eigenvalue weighted by Crippen LogP contribution is -2.57. The summed E-state index contributed by atoms with van der Waals surface area (Å²) in [6.45, 7) is 14.0. The molecule has 2 heterocycles. The molecule has 0 saturated carbocycles. The van der Waals surface area contributed by atoms with Crippen LogP contribution in [0.15, 0.2) is 57.5 Å². The third-order valence-electron chi connectivity index (χ3n) is 7.37. The summed E-state index contributed by atoms with van der Waals surface area (Å²) in [5, 5.41) is 0. The lowest BCUT2D eigenvalue weighted by atomic mass is 10.0. The number of hydrogen-bond donors (Lipinski definition) is 0. The van der Waals surface area contributed by atoms with Crippen LogP contribution in [0.25, 0.3) is 0 Å². The van der Waals surface area contributed by atoms with Gasteiger partial charge in [0.15, 0.2) is 5.78 Å². The minimum atomic E-state index is -0.0226. The van der Waals surface area contributed by atoms with Crippen LogP contribution in [0.3, 0.4) is 0 Å². The standard InChI is InChI=1S/C27H36Br2N4O/c1-21(32-15-11-30(12-16-32)19-23-3-7-25(28)8-4-23)27(34)22(2)33-17-13-31(14-18-33)20-24-5-9-26(29)10-6-24/h3-10,21-22H,11-20H2,1-2H3. The summed E-state index contributed by atoms with van der Waals surface area (Å²) in [5.74, 6) is 0.364. The smallest absolute Gasteiger partial charge is 0.166 e. The van der Waals surface area contributed by atoms with Gasteiger partial charge in [-0.05, 0) is 49.2 Å². The van der Waals surface area contributed by atoms with Gasteiger partial charge in [0.25, 0.3) is 0 Å². The van der Waals surface area contributed by atoms with Gasteiger partial charge in [0, 0.05) is 74.4 Å². The van der Waals surface area contributed by atoms with E-state index in [9.17, 15) is 4.79 Å². The monoisotopic (exact) mass is 590 g/mol. The van der Waals surface area contributed by atoms with Crippen molar-refractivity contribution in [2.24, 2.45) is 0 Å². The molecule has 7 heteroatoms. The van der Waals surface area contributed by atoms with E-state index in [0.717, 1.165) is 74.4 Å². The molecule has 2 fully saturated rings. The average Bonchev–Trinajstić information content (AvgIpc) is 2.86. The number of Topliss-reactive ketones (excluding diaryl/α,β-unsaturated/α-hetero) is 1. The summed E-state index contributed by atoms with van der Waals surface area (Å²) in [4.78, 5) is 23.1. The topological polar surface area (TPSA) is 30.0 Å². The van der Waals surface area contributed by atoms with Crippen LogP contribution >= 0.6 is 31.9 Å². The average molecular weight is 592 g/mol. The van der Waals surface area contributed by atoms with E-state index in [1.54, 1.807) is 0 Å². The second-order valence-electron chi connectivity index (χ2n) is 9.63. The minimum absolute atomic E-state index is 0.0226. The number of carbonyl (C=O) groups excluding carboxylic acids is 1. The summed E-state index contributed by atoms with van der Waals surface area (Å²) in [7, 11) is 0. The van der Waals surface area contributed by atoms with Crippen molar-refractivity contribution >= 4 is 37.6 Å². The first-order valence-corrected chi connectivity index (χ1v) is 13.9. The first-order chi connectivity index (χ1) is 16.4. The van der Waals surface area contributed by atoms with E-state index >= 15 is 0 Å². The number of ketones is 1. The lowest BCUT2D eigenvalue weighted by molar-refractivity contribution is -0.130. The molecule has 2 aliphatic heterocycles. The quantitative estimate of drug-likeness (QED) is 0.451. The fraction of sp³-hybridized carbons (Fsp3) is 0.519. The van der Waals surface area contributed by atoms with Gasteiger partial charge in [-0.3, -0.25) is 24.4 Å². The van der Waals surface area contributed by atoms with Crippen molar-refractivity contribution in [2.75, 3.05) is 52.4 Å². The van der Waals surface area contributed by atoms with Crippen LogP contribution in [0.1, 0.15) is 25.0 Å². The molecule has 2 unspecified atom stereocenters. The SMILES string of the molecule is CC(C(=O)C(C)N1CCN(Cc2ccc(Br)cc2)CC1)N1CCN(Cc2ccc(Br)cc2)CC1. The van der Waals surface area contributed by atoms with E-state index in [4.69, 9.17) is 0 Å². The molecule has 0 radical (unpaired) electrons. The van der Waals surface area contributed by atoms with Crippen LogP contribution < -0.4 is 0 Å². The van der Waals surface area contributed by atoms with Gasteiger partial charge < -0.3 is 0 Å². The highest BCUT2D eigenvalue weighted by molar-refractivity contribution is 9.10. The van der Waals surface area contributed by atoms with Crippen LogP contribution in [0.2, 0.25) is 0 Å². The largest absolute Gasteiger partial charge is 0.297 e. The molecule has 0 amide bonds. The molecule has 2 atom stereocenters. The summed E-state index contributed by atoms with van der Waals surface area (Å²) >= 11 is 7.01. The number of piperazine rings is 2.